The molecule has 0 bridgehead atoms. The van der Waals surface area contributed by atoms with Gasteiger partial charge in [0.05, 0.1) is 6.67 Å². The predicted molar refractivity (Wildman–Crippen MR) is 85.8 cm³/mol. The molecule has 4 heteroatoms. The monoisotopic (exact) mass is 279 g/mol. The van der Waals surface area contributed by atoms with E-state index in [1.54, 1.807) is 19.0 Å². The van der Waals surface area contributed by atoms with Gasteiger partial charge in [0.1, 0.15) is 0 Å². The highest BCUT2D eigenvalue weighted by Crippen LogP contribution is 2.12. The molecule has 0 saturated carbocycles. The highest BCUT2D eigenvalue weighted by atomic mass is 16.2. The van der Waals surface area contributed by atoms with Crippen LogP contribution in [0.25, 0.3) is 0 Å². The Balaban J connectivity index is 0.00000172. The summed E-state index contributed by atoms with van der Waals surface area (Å²) in [4.78, 5) is 18.0. The molecule has 1 aromatic carbocycles. The molecule has 0 aliphatic rings. The lowest BCUT2D eigenvalue weighted by atomic mass is 10.1. The topological polar surface area (TPSA) is 26.8 Å². The number of benzene rings is 1. The standard InChI is InChI=1S/C14H23N3O.C2H6/c1-15(2)11-17(5)10-12-8-6-7-9-13(12)14(18)16(3)4;1-2/h6-9H,10-11H2,1-5H3;1-2H3. The van der Waals surface area contributed by atoms with Crippen molar-refractivity contribution in [3.63, 3.8) is 0 Å². The first-order valence-electron chi connectivity index (χ1n) is 7.04. The van der Waals surface area contributed by atoms with Crippen molar-refractivity contribution in [1.29, 1.82) is 0 Å². The molecule has 1 amide bonds. The summed E-state index contributed by atoms with van der Waals surface area (Å²) in [7, 11) is 9.68. The van der Waals surface area contributed by atoms with Gasteiger partial charge in [-0.3, -0.25) is 14.6 Å². The summed E-state index contributed by atoms with van der Waals surface area (Å²) in [6.07, 6.45) is 0. The van der Waals surface area contributed by atoms with Crippen molar-refractivity contribution >= 4 is 5.91 Å². The van der Waals surface area contributed by atoms with E-state index >= 15 is 0 Å². The molecule has 0 fully saturated rings. The molecule has 20 heavy (non-hydrogen) atoms. The molecule has 0 spiro atoms. The molecule has 4 nitrogen and oxygen atoms in total. The van der Waals surface area contributed by atoms with Gasteiger partial charge in [-0.1, -0.05) is 32.0 Å². The van der Waals surface area contributed by atoms with Crippen molar-refractivity contribution in [2.45, 2.75) is 20.4 Å². The molecular weight excluding hydrogens is 250 g/mol. The number of carbonyl (C=O) groups excluding carboxylic acids is 1. The summed E-state index contributed by atoms with van der Waals surface area (Å²) in [5.41, 5.74) is 1.86. The first-order valence-corrected chi connectivity index (χ1v) is 7.04. The molecule has 0 aromatic heterocycles. The molecule has 0 unspecified atom stereocenters. The Morgan fingerprint density at radius 3 is 2.05 bits per heavy atom. The molecule has 1 rings (SSSR count). The first kappa shape index (κ1) is 18.6. The molecule has 0 aliphatic carbocycles. The number of hydrogen-bond donors (Lipinski definition) is 0. The maximum atomic E-state index is 12.1. The van der Waals surface area contributed by atoms with Crippen LogP contribution in [-0.4, -0.2) is 62.5 Å². The van der Waals surface area contributed by atoms with Crippen LogP contribution in [0.5, 0.6) is 0 Å². The van der Waals surface area contributed by atoms with Gasteiger partial charge in [-0.15, -0.1) is 0 Å². The SMILES string of the molecule is CC.CN(C)CN(C)Cc1ccccc1C(=O)N(C)C. The van der Waals surface area contributed by atoms with Gasteiger partial charge in [0.2, 0.25) is 0 Å². The number of rotatable bonds is 5. The maximum absolute atomic E-state index is 12.1. The Bertz CT molecular complexity index is 402. The van der Waals surface area contributed by atoms with Gasteiger partial charge < -0.3 is 4.90 Å². The van der Waals surface area contributed by atoms with E-state index in [0.29, 0.717) is 0 Å². The van der Waals surface area contributed by atoms with Crippen LogP contribution < -0.4 is 0 Å². The van der Waals surface area contributed by atoms with Crippen molar-refractivity contribution in [2.24, 2.45) is 0 Å². The first-order chi connectivity index (χ1) is 9.41. The van der Waals surface area contributed by atoms with E-state index in [-0.39, 0.29) is 5.91 Å². The number of carbonyl (C=O) groups is 1. The summed E-state index contributed by atoms with van der Waals surface area (Å²) in [5.74, 6) is 0.0591. The lowest BCUT2D eigenvalue weighted by Crippen LogP contribution is -2.31. The lowest BCUT2D eigenvalue weighted by molar-refractivity contribution is 0.0825. The summed E-state index contributed by atoms with van der Waals surface area (Å²) in [6, 6.07) is 7.79. The van der Waals surface area contributed by atoms with Gasteiger partial charge in [0.15, 0.2) is 0 Å². The molecule has 114 valence electrons. The van der Waals surface area contributed by atoms with E-state index in [1.165, 1.54) is 0 Å². The van der Waals surface area contributed by atoms with Crippen molar-refractivity contribution < 1.29 is 4.79 Å². The summed E-state index contributed by atoms with van der Waals surface area (Å²) >= 11 is 0. The Morgan fingerprint density at radius 2 is 1.55 bits per heavy atom. The van der Waals surface area contributed by atoms with Gasteiger partial charge in [-0.25, -0.2) is 0 Å². The van der Waals surface area contributed by atoms with E-state index in [1.807, 2.05) is 52.2 Å². The van der Waals surface area contributed by atoms with Gasteiger partial charge >= 0.3 is 0 Å². The summed E-state index contributed by atoms with van der Waals surface area (Å²) < 4.78 is 0. The van der Waals surface area contributed by atoms with Crippen LogP contribution in [0.3, 0.4) is 0 Å². The Labute approximate surface area is 124 Å². The van der Waals surface area contributed by atoms with E-state index in [4.69, 9.17) is 0 Å². The van der Waals surface area contributed by atoms with Crippen molar-refractivity contribution in [3.8, 4) is 0 Å². The van der Waals surface area contributed by atoms with Crippen molar-refractivity contribution in [1.82, 2.24) is 14.7 Å². The Kier molecular flexibility index (Phi) is 8.84. The number of nitrogens with zero attached hydrogens (tertiary/aromatic N) is 3. The second-order valence-corrected chi connectivity index (χ2v) is 5.09. The van der Waals surface area contributed by atoms with Gasteiger partial charge in [-0.2, -0.15) is 0 Å². The molecule has 0 N–H and O–H groups in total. The zero-order chi connectivity index (χ0) is 15.7. The third kappa shape index (κ3) is 6.17. The van der Waals surface area contributed by atoms with Crippen LogP contribution >= 0.6 is 0 Å². The summed E-state index contributed by atoms with van der Waals surface area (Å²) in [5, 5.41) is 0. The van der Waals surface area contributed by atoms with Crippen LogP contribution in [0, 0.1) is 0 Å². The Morgan fingerprint density at radius 1 is 1.00 bits per heavy atom. The molecule has 1 aromatic rings. The second-order valence-electron chi connectivity index (χ2n) is 5.09. The highest BCUT2D eigenvalue weighted by molar-refractivity contribution is 5.95. The highest BCUT2D eigenvalue weighted by Gasteiger charge is 2.13. The van der Waals surface area contributed by atoms with Crippen LogP contribution in [-0.2, 0) is 6.54 Å². The molecular formula is C16H29N3O. The fourth-order valence-corrected chi connectivity index (χ4v) is 1.93. The third-order valence-corrected chi connectivity index (χ3v) is 2.62. The van der Waals surface area contributed by atoms with Gasteiger partial charge in [0.25, 0.3) is 5.91 Å². The quantitative estimate of drug-likeness (QED) is 0.774. The average molecular weight is 279 g/mol. The lowest BCUT2D eigenvalue weighted by Gasteiger charge is -2.22. The average Bonchev–Trinajstić information content (AvgIpc) is 2.39. The molecule has 0 heterocycles. The molecule has 0 saturated heterocycles. The minimum absolute atomic E-state index is 0.0591. The van der Waals surface area contributed by atoms with E-state index in [9.17, 15) is 4.79 Å². The van der Waals surface area contributed by atoms with E-state index in [0.717, 1.165) is 24.3 Å². The maximum Gasteiger partial charge on any atom is 0.253 e. The second kappa shape index (κ2) is 9.50. The Hall–Kier alpha value is -1.39. The van der Waals surface area contributed by atoms with Crippen molar-refractivity contribution in [2.75, 3.05) is 41.9 Å². The van der Waals surface area contributed by atoms with Crippen LogP contribution in [0.2, 0.25) is 0 Å². The number of amides is 1. The molecule has 0 atom stereocenters. The minimum Gasteiger partial charge on any atom is -0.345 e. The fraction of sp³-hybridized carbons (Fsp3) is 0.562. The zero-order valence-electron chi connectivity index (χ0n) is 14.0. The van der Waals surface area contributed by atoms with Gasteiger partial charge in [0, 0.05) is 26.2 Å². The summed E-state index contributed by atoms with van der Waals surface area (Å²) in [6.45, 7) is 5.64. The fourth-order valence-electron chi connectivity index (χ4n) is 1.93. The number of hydrogen-bond acceptors (Lipinski definition) is 3. The van der Waals surface area contributed by atoms with Gasteiger partial charge in [-0.05, 0) is 32.8 Å². The minimum atomic E-state index is 0.0591. The molecule has 0 aliphatic heterocycles. The molecule has 0 radical (unpaired) electrons. The van der Waals surface area contributed by atoms with Crippen LogP contribution in [0.1, 0.15) is 29.8 Å². The van der Waals surface area contributed by atoms with Crippen LogP contribution in [0.15, 0.2) is 24.3 Å². The predicted octanol–water partition coefficient (Wildman–Crippen LogP) is 2.37. The van der Waals surface area contributed by atoms with E-state index in [2.05, 4.69) is 16.8 Å². The third-order valence-electron chi connectivity index (χ3n) is 2.62. The smallest absolute Gasteiger partial charge is 0.253 e. The van der Waals surface area contributed by atoms with Crippen molar-refractivity contribution in [3.05, 3.63) is 35.4 Å². The zero-order valence-corrected chi connectivity index (χ0v) is 14.0. The van der Waals surface area contributed by atoms with Crippen LogP contribution in [0.4, 0.5) is 0 Å². The largest absolute Gasteiger partial charge is 0.345 e. The normalized spacial score (nSPS) is 10.2. The van der Waals surface area contributed by atoms with E-state index < -0.39 is 0 Å².